The minimum absolute atomic E-state index is 0.154. The summed E-state index contributed by atoms with van der Waals surface area (Å²) in [6.07, 6.45) is 1.18. The van der Waals surface area contributed by atoms with Crippen LogP contribution in [0.15, 0.2) is 66.7 Å². The van der Waals surface area contributed by atoms with E-state index in [4.69, 9.17) is 16.3 Å². The summed E-state index contributed by atoms with van der Waals surface area (Å²) < 4.78 is 5.76. The third-order valence-corrected chi connectivity index (χ3v) is 8.30. The van der Waals surface area contributed by atoms with Crippen LogP contribution in [0.2, 0.25) is 5.02 Å². The topological polar surface area (TPSA) is 90.5 Å². The number of fused-ring (bicyclic) bond motifs is 3. The number of aliphatic hydroxyl groups is 1. The maximum atomic E-state index is 13.4. The Hall–Kier alpha value is -3.39. The fourth-order valence-electron chi connectivity index (χ4n) is 6.03. The molecule has 3 aromatic carbocycles. The number of H-pyrrole nitrogens is 1. The van der Waals surface area contributed by atoms with Gasteiger partial charge in [-0.3, -0.25) is 9.89 Å². The Labute approximate surface area is 233 Å². The summed E-state index contributed by atoms with van der Waals surface area (Å²) >= 11 is 6.46. The molecule has 0 spiro atoms. The molecule has 3 N–H and O–H groups in total. The van der Waals surface area contributed by atoms with E-state index < -0.39 is 0 Å². The van der Waals surface area contributed by atoms with Crippen LogP contribution in [-0.2, 0) is 4.74 Å². The number of ether oxygens (including phenoxy) is 1. The first kappa shape index (κ1) is 25.9. The summed E-state index contributed by atoms with van der Waals surface area (Å²) in [5, 5.41) is 22.6. The highest BCUT2D eigenvalue weighted by Gasteiger charge is 2.38. The first-order valence-corrected chi connectivity index (χ1v) is 13.9. The zero-order chi connectivity index (χ0) is 27.1. The van der Waals surface area contributed by atoms with Crippen LogP contribution in [0, 0.1) is 5.92 Å². The van der Waals surface area contributed by atoms with E-state index in [2.05, 4.69) is 58.5 Å². The Morgan fingerprint density at radius 3 is 2.49 bits per heavy atom. The van der Waals surface area contributed by atoms with Gasteiger partial charge < -0.3 is 20.1 Å². The molecule has 2 aliphatic rings. The molecule has 1 unspecified atom stereocenters. The van der Waals surface area contributed by atoms with Gasteiger partial charge in [-0.15, -0.1) is 0 Å². The number of hydrogen-bond donors (Lipinski definition) is 3. The predicted molar refractivity (Wildman–Crippen MR) is 154 cm³/mol. The zero-order valence-electron chi connectivity index (χ0n) is 22.1. The highest BCUT2D eigenvalue weighted by molar-refractivity contribution is 6.31. The standard InChI is InChI=1S/C31H33ClN4O3/c1-18(2)29(25-5-3-4-6-27(25)32)33-31(38)20-9-12-28-26(13-20)30(35-34-28)19-7-10-21(11-8-19)36-22-14-24(37)15-23(36)17-39-16-22/h3-13,18,22-24,29,37H,14-17H2,1-2H3,(H,33,38)(H,34,35)/t22-,23+,24?,29-/m0/s1. The Bertz CT molecular complexity index is 1470. The quantitative estimate of drug-likeness (QED) is 0.288. The van der Waals surface area contributed by atoms with Gasteiger partial charge >= 0.3 is 0 Å². The number of piperidine rings is 1. The average molecular weight is 545 g/mol. The second-order valence-corrected chi connectivity index (χ2v) is 11.4. The Morgan fingerprint density at radius 1 is 1.08 bits per heavy atom. The molecular weight excluding hydrogens is 512 g/mol. The molecule has 8 heteroatoms. The monoisotopic (exact) mass is 544 g/mol. The lowest BCUT2D eigenvalue weighted by atomic mass is 9.91. The molecule has 39 heavy (non-hydrogen) atoms. The first-order chi connectivity index (χ1) is 18.9. The van der Waals surface area contributed by atoms with Gasteiger partial charge in [0.05, 0.1) is 48.7 Å². The number of rotatable bonds is 6. The molecule has 2 saturated heterocycles. The van der Waals surface area contributed by atoms with Crippen LogP contribution in [0.25, 0.3) is 22.2 Å². The van der Waals surface area contributed by atoms with Crippen molar-refractivity contribution in [2.24, 2.45) is 5.92 Å². The number of benzene rings is 3. The van der Waals surface area contributed by atoms with E-state index in [0.717, 1.165) is 46.3 Å². The number of anilines is 1. The normalized spacial score (nSPS) is 21.8. The summed E-state index contributed by atoms with van der Waals surface area (Å²) in [4.78, 5) is 15.8. The summed E-state index contributed by atoms with van der Waals surface area (Å²) in [5.41, 5.74) is 5.25. The van der Waals surface area contributed by atoms with Crippen molar-refractivity contribution < 1.29 is 14.6 Å². The number of aliphatic hydroxyl groups excluding tert-OH is 1. The number of morpholine rings is 1. The van der Waals surface area contributed by atoms with Gasteiger partial charge in [-0.25, -0.2) is 0 Å². The van der Waals surface area contributed by atoms with E-state index in [1.165, 1.54) is 0 Å². The van der Waals surface area contributed by atoms with E-state index in [1.54, 1.807) is 0 Å². The van der Waals surface area contributed by atoms with Crippen LogP contribution >= 0.6 is 11.6 Å². The van der Waals surface area contributed by atoms with Crippen molar-refractivity contribution >= 4 is 34.1 Å². The number of nitrogens with one attached hydrogen (secondary N) is 2. The highest BCUT2D eigenvalue weighted by Crippen LogP contribution is 2.35. The number of halogens is 1. The smallest absolute Gasteiger partial charge is 0.251 e. The third-order valence-electron chi connectivity index (χ3n) is 7.95. The molecule has 0 aliphatic carbocycles. The molecule has 4 atom stereocenters. The molecule has 7 nitrogen and oxygen atoms in total. The van der Waals surface area contributed by atoms with Gasteiger partial charge in [-0.05, 0) is 60.7 Å². The summed E-state index contributed by atoms with van der Waals surface area (Å²) in [6, 6.07) is 21.8. The minimum Gasteiger partial charge on any atom is -0.393 e. The molecule has 1 aromatic heterocycles. The number of hydrogen-bond acceptors (Lipinski definition) is 5. The van der Waals surface area contributed by atoms with Gasteiger partial charge in [0.2, 0.25) is 0 Å². The highest BCUT2D eigenvalue weighted by atomic mass is 35.5. The van der Waals surface area contributed by atoms with Gasteiger partial charge in [-0.2, -0.15) is 5.10 Å². The fourth-order valence-corrected chi connectivity index (χ4v) is 6.28. The molecule has 2 bridgehead atoms. The predicted octanol–water partition coefficient (Wildman–Crippen LogP) is 5.74. The van der Waals surface area contributed by atoms with Crippen LogP contribution in [-0.4, -0.2) is 52.6 Å². The number of carbonyl (C=O) groups excluding carboxylic acids is 1. The molecular formula is C31H33ClN4O3. The number of nitrogens with zero attached hydrogens (tertiary/aromatic N) is 2. The molecule has 0 saturated carbocycles. The molecule has 4 aromatic rings. The van der Waals surface area contributed by atoms with Crippen molar-refractivity contribution in [3.63, 3.8) is 0 Å². The van der Waals surface area contributed by atoms with Crippen LogP contribution < -0.4 is 10.2 Å². The first-order valence-electron chi connectivity index (χ1n) is 13.6. The lowest BCUT2D eigenvalue weighted by molar-refractivity contribution is 0.00124. The second kappa shape index (κ2) is 10.6. The SMILES string of the molecule is CC(C)[C@H](NC(=O)c1ccc2[nH]nc(-c3ccc(N4[C@@H]5COC[C@H]4CC(O)C5)cc3)c2c1)c1ccccc1Cl. The van der Waals surface area contributed by atoms with Crippen molar-refractivity contribution in [1.29, 1.82) is 0 Å². The minimum atomic E-state index is -0.262. The van der Waals surface area contributed by atoms with Crippen molar-refractivity contribution in [2.75, 3.05) is 18.1 Å². The van der Waals surface area contributed by atoms with Crippen molar-refractivity contribution in [1.82, 2.24) is 15.5 Å². The molecule has 2 fully saturated rings. The summed E-state index contributed by atoms with van der Waals surface area (Å²) in [5.74, 6) is 0.00825. The fraction of sp³-hybridized carbons (Fsp3) is 0.355. The molecule has 202 valence electrons. The van der Waals surface area contributed by atoms with Crippen LogP contribution in [0.1, 0.15) is 48.7 Å². The maximum absolute atomic E-state index is 13.4. The maximum Gasteiger partial charge on any atom is 0.251 e. The number of amides is 1. The molecule has 1 amide bonds. The van der Waals surface area contributed by atoms with Gasteiger partial charge in [0.15, 0.2) is 0 Å². The second-order valence-electron chi connectivity index (χ2n) is 11.0. The van der Waals surface area contributed by atoms with E-state index in [-0.39, 0.29) is 36.1 Å². The van der Waals surface area contributed by atoms with Gasteiger partial charge in [0.1, 0.15) is 0 Å². The number of aromatic nitrogens is 2. The third kappa shape index (κ3) is 5.02. The largest absolute Gasteiger partial charge is 0.393 e. The van der Waals surface area contributed by atoms with Crippen molar-refractivity contribution in [2.45, 2.75) is 50.9 Å². The van der Waals surface area contributed by atoms with Crippen molar-refractivity contribution in [3.05, 3.63) is 82.9 Å². The van der Waals surface area contributed by atoms with Crippen LogP contribution in [0.4, 0.5) is 5.69 Å². The Kier molecular flexibility index (Phi) is 7.06. The van der Waals surface area contributed by atoms with E-state index in [0.29, 0.717) is 23.8 Å². The Balaban J connectivity index is 1.26. The number of carbonyl (C=O) groups is 1. The molecule has 2 aliphatic heterocycles. The van der Waals surface area contributed by atoms with Crippen LogP contribution in [0.5, 0.6) is 0 Å². The van der Waals surface area contributed by atoms with Crippen molar-refractivity contribution in [3.8, 4) is 11.3 Å². The van der Waals surface area contributed by atoms with Gasteiger partial charge in [0.25, 0.3) is 5.91 Å². The van der Waals surface area contributed by atoms with Gasteiger partial charge in [-0.1, -0.05) is 55.8 Å². The van der Waals surface area contributed by atoms with E-state index >= 15 is 0 Å². The summed E-state index contributed by atoms with van der Waals surface area (Å²) in [7, 11) is 0. The zero-order valence-corrected chi connectivity index (χ0v) is 22.9. The van der Waals surface area contributed by atoms with E-state index in [1.807, 2.05) is 42.5 Å². The van der Waals surface area contributed by atoms with E-state index in [9.17, 15) is 9.90 Å². The Morgan fingerprint density at radius 2 is 1.79 bits per heavy atom. The lowest BCUT2D eigenvalue weighted by Crippen LogP contribution is -2.58. The average Bonchev–Trinajstić information content (AvgIpc) is 3.35. The lowest BCUT2D eigenvalue weighted by Gasteiger charge is -2.48. The van der Waals surface area contributed by atoms with Crippen LogP contribution in [0.3, 0.4) is 0 Å². The molecule has 6 rings (SSSR count). The van der Waals surface area contributed by atoms with Gasteiger partial charge in [0, 0.05) is 27.2 Å². The number of aromatic amines is 1. The molecule has 0 radical (unpaired) electrons. The summed E-state index contributed by atoms with van der Waals surface area (Å²) in [6.45, 7) is 5.42. The molecule has 3 heterocycles.